The molecule has 0 radical (unpaired) electrons. The molecule has 1 fully saturated rings. The van der Waals surface area contributed by atoms with Crippen molar-refractivity contribution in [3.8, 4) is 0 Å². The van der Waals surface area contributed by atoms with E-state index < -0.39 is 0 Å². The van der Waals surface area contributed by atoms with Crippen molar-refractivity contribution < 1.29 is 9.18 Å². The van der Waals surface area contributed by atoms with E-state index in [4.69, 9.17) is 0 Å². The fraction of sp³-hybridized carbons (Fsp3) is 0.400. The molecule has 2 aromatic rings. The molecule has 1 N–H and O–H groups in total. The molecule has 0 saturated heterocycles. The molecule has 0 bridgehead atoms. The molecule has 1 aromatic heterocycles. The number of aromatic amines is 1. The van der Waals surface area contributed by atoms with Crippen LogP contribution in [0.1, 0.15) is 42.5 Å². The second-order valence-electron chi connectivity index (χ2n) is 5.06. The Kier molecular flexibility index (Phi) is 2.90. The third-order valence-corrected chi connectivity index (χ3v) is 3.90. The smallest absolute Gasteiger partial charge is 0.168 e. The van der Waals surface area contributed by atoms with Gasteiger partial charge in [0.15, 0.2) is 5.78 Å². The van der Waals surface area contributed by atoms with Gasteiger partial charge in [-0.25, -0.2) is 4.39 Å². The Hall–Kier alpha value is -1.64. The number of fused-ring (bicyclic) bond motifs is 1. The van der Waals surface area contributed by atoms with Gasteiger partial charge in [0.2, 0.25) is 0 Å². The van der Waals surface area contributed by atoms with Gasteiger partial charge < -0.3 is 4.98 Å². The van der Waals surface area contributed by atoms with Crippen LogP contribution in [-0.2, 0) is 0 Å². The van der Waals surface area contributed by atoms with Crippen LogP contribution < -0.4 is 0 Å². The maximum Gasteiger partial charge on any atom is 0.168 e. The third kappa shape index (κ3) is 1.84. The van der Waals surface area contributed by atoms with Crippen molar-refractivity contribution in [3.63, 3.8) is 0 Å². The largest absolute Gasteiger partial charge is 0.360 e. The van der Waals surface area contributed by atoms with Gasteiger partial charge in [-0.15, -0.1) is 0 Å². The molecule has 1 heterocycles. The highest BCUT2D eigenvalue weighted by Gasteiger charge is 2.25. The Bertz CT molecular complexity index is 581. The fourth-order valence-corrected chi connectivity index (χ4v) is 2.92. The number of rotatable bonds is 2. The second kappa shape index (κ2) is 4.56. The molecule has 0 atom stereocenters. The lowest BCUT2D eigenvalue weighted by atomic mass is 9.84. The summed E-state index contributed by atoms with van der Waals surface area (Å²) in [5, 5.41) is 0.452. The summed E-state index contributed by atoms with van der Waals surface area (Å²) in [6.45, 7) is 0. The molecule has 0 spiro atoms. The molecule has 1 aliphatic rings. The Balaban J connectivity index is 2.01. The summed E-state index contributed by atoms with van der Waals surface area (Å²) >= 11 is 0. The maximum absolute atomic E-state index is 13.8. The van der Waals surface area contributed by atoms with Crippen LogP contribution in [0.3, 0.4) is 0 Å². The number of H-pyrrole nitrogens is 1. The average Bonchev–Trinajstić information content (AvgIpc) is 2.84. The monoisotopic (exact) mass is 245 g/mol. The summed E-state index contributed by atoms with van der Waals surface area (Å²) in [7, 11) is 0. The van der Waals surface area contributed by atoms with E-state index in [9.17, 15) is 9.18 Å². The number of hydrogen-bond acceptors (Lipinski definition) is 1. The van der Waals surface area contributed by atoms with Crippen LogP contribution in [0, 0.1) is 11.7 Å². The first-order chi connectivity index (χ1) is 8.77. The minimum Gasteiger partial charge on any atom is -0.360 e. The molecular weight excluding hydrogens is 229 g/mol. The highest BCUT2D eigenvalue weighted by Crippen LogP contribution is 2.30. The van der Waals surface area contributed by atoms with Crippen molar-refractivity contribution in [1.29, 1.82) is 0 Å². The van der Waals surface area contributed by atoms with Crippen LogP contribution in [0.5, 0.6) is 0 Å². The van der Waals surface area contributed by atoms with E-state index in [1.54, 1.807) is 18.3 Å². The molecule has 3 heteroatoms. The van der Waals surface area contributed by atoms with E-state index in [0.29, 0.717) is 16.5 Å². The van der Waals surface area contributed by atoms with Gasteiger partial charge in [-0.1, -0.05) is 25.3 Å². The SMILES string of the molecule is O=C(c1c[nH]c2cccc(F)c12)C1CCCCC1. The number of carbonyl (C=O) groups excluding carboxylic acids is 1. The Morgan fingerprint density at radius 1 is 1.22 bits per heavy atom. The predicted octanol–water partition coefficient (Wildman–Crippen LogP) is 4.07. The van der Waals surface area contributed by atoms with E-state index in [2.05, 4.69) is 4.98 Å². The van der Waals surface area contributed by atoms with E-state index in [1.807, 2.05) is 0 Å². The van der Waals surface area contributed by atoms with Gasteiger partial charge in [-0.3, -0.25) is 4.79 Å². The number of halogens is 1. The molecule has 1 saturated carbocycles. The minimum absolute atomic E-state index is 0.0809. The predicted molar refractivity (Wildman–Crippen MR) is 69.2 cm³/mol. The van der Waals surface area contributed by atoms with Crippen LogP contribution in [0.4, 0.5) is 4.39 Å². The van der Waals surface area contributed by atoms with Gasteiger partial charge in [0.25, 0.3) is 0 Å². The molecule has 2 nitrogen and oxygen atoms in total. The van der Waals surface area contributed by atoms with Crippen molar-refractivity contribution in [2.75, 3.05) is 0 Å². The summed E-state index contributed by atoms with van der Waals surface area (Å²) in [5.41, 5.74) is 1.23. The highest BCUT2D eigenvalue weighted by molar-refractivity contribution is 6.09. The molecule has 0 unspecified atom stereocenters. The van der Waals surface area contributed by atoms with E-state index >= 15 is 0 Å². The summed E-state index contributed by atoms with van der Waals surface area (Å²) in [4.78, 5) is 15.4. The molecule has 3 rings (SSSR count). The number of hydrogen-bond donors (Lipinski definition) is 1. The lowest BCUT2D eigenvalue weighted by molar-refractivity contribution is 0.0891. The Morgan fingerprint density at radius 2 is 2.00 bits per heavy atom. The van der Waals surface area contributed by atoms with Crippen molar-refractivity contribution in [2.24, 2.45) is 5.92 Å². The van der Waals surface area contributed by atoms with Crippen LogP contribution in [0.25, 0.3) is 10.9 Å². The van der Waals surface area contributed by atoms with Crippen molar-refractivity contribution in [3.05, 3.63) is 35.8 Å². The Morgan fingerprint density at radius 3 is 2.78 bits per heavy atom. The zero-order chi connectivity index (χ0) is 12.5. The standard InChI is InChI=1S/C15H16FNO/c16-12-7-4-8-13-14(12)11(9-17-13)15(18)10-5-2-1-3-6-10/h4,7-10,17H,1-3,5-6H2. The molecule has 18 heavy (non-hydrogen) atoms. The van der Waals surface area contributed by atoms with Gasteiger partial charge in [-0.2, -0.15) is 0 Å². The summed E-state index contributed by atoms with van der Waals surface area (Å²) in [5.74, 6) is -0.128. The minimum atomic E-state index is -0.312. The number of aromatic nitrogens is 1. The normalized spacial score (nSPS) is 17.2. The number of Topliss-reactive ketones (excluding diaryl/α,β-unsaturated/α-hetero) is 1. The van der Waals surface area contributed by atoms with Crippen LogP contribution >= 0.6 is 0 Å². The number of ketones is 1. The molecule has 0 aliphatic heterocycles. The van der Waals surface area contributed by atoms with Crippen LogP contribution in [0.2, 0.25) is 0 Å². The molecule has 0 amide bonds. The van der Waals surface area contributed by atoms with Crippen LogP contribution in [-0.4, -0.2) is 10.8 Å². The van der Waals surface area contributed by atoms with Crippen LogP contribution in [0.15, 0.2) is 24.4 Å². The van der Waals surface area contributed by atoms with Crippen molar-refractivity contribution in [2.45, 2.75) is 32.1 Å². The first-order valence-corrected chi connectivity index (χ1v) is 6.57. The molecule has 1 aliphatic carbocycles. The zero-order valence-electron chi connectivity index (χ0n) is 10.2. The lowest BCUT2D eigenvalue weighted by Gasteiger charge is -2.19. The maximum atomic E-state index is 13.8. The van der Waals surface area contributed by atoms with Gasteiger partial charge in [0, 0.05) is 28.6 Å². The first kappa shape index (κ1) is 11.5. The Labute approximate surface area is 105 Å². The molecule has 1 aromatic carbocycles. The summed E-state index contributed by atoms with van der Waals surface area (Å²) in [6.07, 6.45) is 6.99. The van der Waals surface area contributed by atoms with Crippen molar-refractivity contribution in [1.82, 2.24) is 4.98 Å². The zero-order valence-corrected chi connectivity index (χ0v) is 10.2. The van der Waals surface area contributed by atoms with E-state index in [0.717, 1.165) is 25.7 Å². The number of benzene rings is 1. The first-order valence-electron chi connectivity index (χ1n) is 6.57. The summed E-state index contributed by atoms with van der Waals surface area (Å²) in [6, 6.07) is 4.87. The number of carbonyl (C=O) groups is 1. The quantitative estimate of drug-likeness (QED) is 0.795. The molecular formula is C15H16FNO. The van der Waals surface area contributed by atoms with Gasteiger partial charge in [0.05, 0.1) is 0 Å². The lowest BCUT2D eigenvalue weighted by Crippen LogP contribution is -2.17. The summed E-state index contributed by atoms with van der Waals surface area (Å²) < 4.78 is 13.8. The average molecular weight is 245 g/mol. The second-order valence-corrected chi connectivity index (χ2v) is 5.06. The van der Waals surface area contributed by atoms with E-state index in [1.165, 1.54) is 12.5 Å². The highest BCUT2D eigenvalue weighted by atomic mass is 19.1. The number of nitrogens with one attached hydrogen (secondary N) is 1. The fourth-order valence-electron chi connectivity index (χ4n) is 2.92. The van der Waals surface area contributed by atoms with Gasteiger partial charge >= 0.3 is 0 Å². The molecule has 94 valence electrons. The topological polar surface area (TPSA) is 32.9 Å². The van der Waals surface area contributed by atoms with Crippen molar-refractivity contribution >= 4 is 16.7 Å². The van der Waals surface area contributed by atoms with Gasteiger partial charge in [0.1, 0.15) is 5.82 Å². The van der Waals surface area contributed by atoms with Gasteiger partial charge in [-0.05, 0) is 25.0 Å². The van der Waals surface area contributed by atoms with E-state index in [-0.39, 0.29) is 17.5 Å². The third-order valence-electron chi connectivity index (χ3n) is 3.90.